The van der Waals surface area contributed by atoms with Crippen LogP contribution in [0.1, 0.15) is 52.6 Å². The van der Waals surface area contributed by atoms with E-state index >= 15 is 0 Å². The quantitative estimate of drug-likeness (QED) is 0.189. The second kappa shape index (κ2) is 10.9. The maximum atomic E-state index is 13.8. The molecule has 8 nitrogen and oxygen atoms in total. The van der Waals surface area contributed by atoms with Gasteiger partial charge in [-0.3, -0.25) is 19.2 Å². The number of hydrogen-bond acceptors (Lipinski definition) is 6. The van der Waals surface area contributed by atoms with Crippen LogP contribution in [-0.4, -0.2) is 37.8 Å². The SMILES string of the molecule is COc1c(N2C(=O)c3ccc(-c4ccc(C)cc4)cc3C2=O)ccc(N2C(=O)c3ccc(-c4ccc(C)cc4)cc3C2=O)c1OC. The number of methoxy groups -OCH3 is 2. The predicted molar refractivity (Wildman–Crippen MR) is 175 cm³/mol. The summed E-state index contributed by atoms with van der Waals surface area (Å²) >= 11 is 0. The van der Waals surface area contributed by atoms with Crippen LogP contribution < -0.4 is 19.3 Å². The van der Waals surface area contributed by atoms with Crippen molar-refractivity contribution in [2.45, 2.75) is 13.8 Å². The fourth-order valence-electron chi connectivity index (χ4n) is 6.06. The number of aryl methyl sites for hydroxylation is 2. The topological polar surface area (TPSA) is 93.2 Å². The molecule has 0 bridgehead atoms. The molecule has 0 unspecified atom stereocenters. The minimum atomic E-state index is -0.522. The van der Waals surface area contributed by atoms with Gasteiger partial charge in [-0.2, -0.15) is 0 Å². The van der Waals surface area contributed by atoms with Gasteiger partial charge in [-0.1, -0.05) is 71.8 Å². The summed E-state index contributed by atoms with van der Waals surface area (Å²) < 4.78 is 11.4. The summed E-state index contributed by atoms with van der Waals surface area (Å²) in [6.07, 6.45) is 0. The Bertz CT molecular complexity index is 1960. The van der Waals surface area contributed by atoms with E-state index in [-0.39, 0.29) is 45.1 Å². The summed E-state index contributed by atoms with van der Waals surface area (Å²) in [7, 11) is 2.74. The molecule has 0 radical (unpaired) electrons. The lowest BCUT2D eigenvalue weighted by molar-refractivity contribution is 0.0908. The molecule has 2 heterocycles. The van der Waals surface area contributed by atoms with Crippen molar-refractivity contribution in [3.05, 3.63) is 130 Å². The number of benzene rings is 5. The van der Waals surface area contributed by atoms with Crippen molar-refractivity contribution in [1.82, 2.24) is 0 Å². The van der Waals surface area contributed by atoms with Crippen molar-refractivity contribution in [1.29, 1.82) is 0 Å². The van der Waals surface area contributed by atoms with E-state index in [1.54, 1.807) is 24.3 Å². The number of ether oxygens (including phenoxy) is 2. The standard InChI is InChI=1S/C38H28N2O6/c1-21-5-9-23(10-6-21)25-13-15-27-29(19-25)37(43)39(35(27)41)31-17-18-32(34(46-4)33(31)45-3)40-36(42)28-16-14-26(20-30(28)38(40)44)24-11-7-22(2)8-12-24/h5-20H,1-4H3. The lowest BCUT2D eigenvalue weighted by Crippen LogP contribution is -2.31. The Morgan fingerprint density at radius 3 is 1.09 bits per heavy atom. The second-order valence-electron chi connectivity index (χ2n) is 11.3. The van der Waals surface area contributed by atoms with Gasteiger partial charge in [0.25, 0.3) is 23.6 Å². The maximum absolute atomic E-state index is 13.8. The Labute approximate surface area is 265 Å². The third-order valence-corrected chi connectivity index (χ3v) is 8.50. The molecular formula is C38H28N2O6. The van der Waals surface area contributed by atoms with E-state index in [0.29, 0.717) is 0 Å². The molecule has 0 saturated carbocycles. The predicted octanol–water partition coefficient (Wildman–Crippen LogP) is 7.26. The van der Waals surface area contributed by atoms with Crippen LogP contribution >= 0.6 is 0 Å². The highest BCUT2D eigenvalue weighted by atomic mass is 16.5. The van der Waals surface area contributed by atoms with Crippen LogP contribution in [0.25, 0.3) is 22.3 Å². The van der Waals surface area contributed by atoms with E-state index in [2.05, 4.69) is 0 Å². The molecule has 2 aliphatic rings. The van der Waals surface area contributed by atoms with E-state index < -0.39 is 23.6 Å². The molecule has 5 aromatic rings. The summed E-state index contributed by atoms with van der Waals surface area (Å²) in [5.41, 5.74) is 6.97. The average Bonchev–Trinajstić information content (AvgIpc) is 3.47. The van der Waals surface area contributed by atoms with Crippen molar-refractivity contribution >= 4 is 35.0 Å². The zero-order valence-corrected chi connectivity index (χ0v) is 25.6. The number of nitrogens with zero attached hydrogens (tertiary/aromatic N) is 2. The molecule has 5 aromatic carbocycles. The lowest BCUT2D eigenvalue weighted by atomic mass is 9.99. The molecule has 0 aliphatic carbocycles. The Morgan fingerprint density at radius 1 is 0.413 bits per heavy atom. The molecule has 0 saturated heterocycles. The van der Waals surface area contributed by atoms with Crippen molar-refractivity contribution in [3.63, 3.8) is 0 Å². The Balaban J connectivity index is 1.25. The first kappa shape index (κ1) is 28.7. The first-order chi connectivity index (χ1) is 22.2. The first-order valence-corrected chi connectivity index (χ1v) is 14.7. The number of rotatable bonds is 6. The summed E-state index contributed by atoms with van der Waals surface area (Å²) in [6, 6.07) is 29.1. The zero-order valence-electron chi connectivity index (χ0n) is 25.6. The molecule has 0 aromatic heterocycles. The molecule has 226 valence electrons. The number of fused-ring (bicyclic) bond motifs is 2. The van der Waals surface area contributed by atoms with Gasteiger partial charge in [0.05, 0.1) is 47.8 Å². The van der Waals surface area contributed by atoms with Gasteiger partial charge in [0.2, 0.25) is 0 Å². The van der Waals surface area contributed by atoms with E-state index in [0.717, 1.165) is 43.2 Å². The van der Waals surface area contributed by atoms with E-state index in [9.17, 15) is 19.2 Å². The summed E-state index contributed by atoms with van der Waals surface area (Å²) in [4.78, 5) is 56.8. The number of anilines is 2. The molecule has 0 fully saturated rings. The summed E-state index contributed by atoms with van der Waals surface area (Å²) in [5.74, 6) is -2.02. The molecule has 0 atom stereocenters. The first-order valence-electron chi connectivity index (χ1n) is 14.7. The van der Waals surface area contributed by atoms with Crippen molar-refractivity contribution < 1.29 is 28.7 Å². The fourth-order valence-corrected chi connectivity index (χ4v) is 6.06. The van der Waals surface area contributed by atoms with Gasteiger partial charge in [-0.25, -0.2) is 9.80 Å². The van der Waals surface area contributed by atoms with Crippen molar-refractivity contribution in [2.24, 2.45) is 0 Å². The minimum absolute atomic E-state index is 0.0326. The van der Waals surface area contributed by atoms with E-state index in [1.165, 1.54) is 26.4 Å². The molecule has 7 rings (SSSR count). The van der Waals surface area contributed by atoms with Crippen LogP contribution in [0.15, 0.2) is 97.1 Å². The average molecular weight is 609 g/mol. The smallest absolute Gasteiger partial charge is 0.266 e. The summed E-state index contributed by atoms with van der Waals surface area (Å²) in [5, 5.41) is 0. The van der Waals surface area contributed by atoms with E-state index in [4.69, 9.17) is 9.47 Å². The van der Waals surface area contributed by atoms with Crippen LogP contribution in [0.4, 0.5) is 11.4 Å². The largest absolute Gasteiger partial charge is 0.491 e. The molecule has 4 amide bonds. The van der Waals surface area contributed by atoms with Gasteiger partial charge in [0.1, 0.15) is 0 Å². The molecular weight excluding hydrogens is 580 g/mol. The van der Waals surface area contributed by atoms with Gasteiger partial charge in [-0.15, -0.1) is 0 Å². The molecule has 0 spiro atoms. The molecule has 2 aliphatic heterocycles. The highest BCUT2D eigenvalue weighted by Crippen LogP contribution is 2.48. The number of carbonyl (C=O) groups excluding carboxylic acids is 4. The van der Waals surface area contributed by atoms with Crippen LogP contribution in [0, 0.1) is 13.8 Å². The lowest BCUT2D eigenvalue weighted by Gasteiger charge is -2.24. The van der Waals surface area contributed by atoms with Gasteiger partial charge in [-0.05, 0) is 72.5 Å². The fraction of sp³-hybridized carbons (Fsp3) is 0.105. The number of hydrogen-bond donors (Lipinski definition) is 0. The Kier molecular flexibility index (Phi) is 6.78. The van der Waals surface area contributed by atoms with E-state index in [1.807, 2.05) is 74.5 Å². The van der Waals surface area contributed by atoms with Gasteiger partial charge >= 0.3 is 0 Å². The Morgan fingerprint density at radius 2 is 0.739 bits per heavy atom. The number of carbonyl (C=O) groups is 4. The van der Waals surface area contributed by atoms with Crippen LogP contribution in [-0.2, 0) is 0 Å². The Hall–Kier alpha value is -6.02. The molecule has 8 heteroatoms. The van der Waals surface area contributed by atoms with Crippen LogP contribution in [0.3, 0.4) is 0 Å². The van der Waals surface area contributed by atoms with Gasteiger partial charge < -0.3 is 9.47 Å². The van der Waals surface area contributed by atoms with Gasteiger partial charge in [0, 0.05) is 0 Å². The highest BCUT2D eigenvalue weighted by Gasteiger charge is 2.42. The molecule has 46 heavy (non-hydrogen) atoms. The number of imide groups is 2. The second-order valence-corrected chi connectivity index (χ2v) is 11.3. The van der Waals surface area contributed by atoms with Crippen LogP contribution in [0.2, 0.25) is 0 Å². The third-order valence-electron chi connectivity index (χ3n) is 8.50. The zero-order chi connectivity index (χ0) is 32.3. The van der Waals surface area contributed by atoms with Crippen LogP contribution in [0.5, 0.6) is 11.5 Å². The molecule has 0 N–H and O–H groups in total. The van der Waals surface area contributed by atoms with Gasteiger partial charge in [0.15, 0.2) is 11.5 Å². The van der Waals surface area contributed by atoms with Crippen molar-refractivity contribution in [2.75, 3.05) is 24.0 Å². The highest BCUT2D eigenvalue weighted by molar-refractivity contribution is 6.37. The maximum Gasteiger partial charge on any atom is 0.266 e. The van der Waals surface area contributed by atoms with Crippen molar-refractivity contribution in [3.8, 4) is 33.8 Å². The number of amides is 4. The monoisotopic (exact) mass is 608 g/mol. The normalized spacial score (nSPS) is 13.7. The minimum Gasteiger partial charge on any atom is -0.491 e. The third kappa shape index (κ3) is 4.37. The summed E-state index contributed by atoms with van der Waals surface area (Å²) in [6.45, 7) is 3.99.